The molecule has 0 aliphatic carbocycles. The molecule has 0 bridgehead atoms. The van der Waals surface area contributed by atoms with Crippen LogP contribution in [0.25, 0.3) is 66.7 Å². The number of rotatable bonds is 8. The summed E-state index contributed by atoms with van der Waals surface area (Å²) in [6.07, 6.45) is 2.05. The van der Waals surface area contributed by atoms with E-state index in [9.17, 15) is 4.79 Å². The molecule has 0 unspecified atom stereocenters. The van der Waals surface area contributed by atoms with Crippen LogP contribution in [0.15, 0.2) is 138 Å². The Morgan fingerprint density at radius 2 is 1.55 bits per heavy atom. The zero-order valence-corrected chi connectivity index (χ0v) is 38.5. The Bertz CT molecular complexity index is 2900. The third-order valence-corrected chi connectivity index (χ3v) is 12.0. The van der Waals surface area contributed by atoms with Crippen LogP contribution in [-0.2, 0) is 31.4 Å². The standard InChI is InChI=1S/C28H24NO.C24H26NO3Si.Ir/c1-28(2,3)18-19-14-15-29-25(16-19)23-11-7-10-22-24-17-21(20-8-5-4-6-9-20)12-13-26(24)30-27(22)23;1-16(2)20-14-22(25-15-23(20)29(3,4)5)18-11-12-19(24(26)28-27)21(13-18)17-9-7-6-8-10-17;/h4-10,12-17H,18H2,1-3H3;6-10,12-16,27H,1-5H3;/q2*-1;/i18D2;16D;. The summed E-state index contributed by atoms with van der Waals surface area (Å²) in [6.45, 7) is 16.2. The van der Waals surface area contributed by atoms with Crippen LogP contribution >= 0.6 is 0 Å². The van der Waals surface area contributed by atoms with Crippen molar-refractivity contribution in [1.29, 1.82) is 0 Å². The smallest absolute Gasteiger partial charge is 0.333 e. The van der Waals surface area contributed by atoms with Gasteiger partial charge in [0, 0.05) is 42.0 Å². The molecule has 8 aromatic rings. The van der Waals surface area contributed by atoms with Gasteiger partial charge in [0.05, 0.1) is 13.7 Å². The van der Waals surface area contributed by atoms with E-state index < -0.39 is 31.7 Å². The fourth-order valence-corrected chi connectivity index (χ4v) is 8.73. The number of aromatic nitrogens is 2. The van der Waals surface area contributed by atoms with Gasteiger partial charge in [0.25, 0.3) is 0 Å². The molecule has 6 nitrogen and oxygen atoms in total. The van der Waals surface area contributed by atoms with E-state index in [-0.39, 0.29) is 25.7 Å². The van der Waals surface area contributed by atoms with E-state index in [1.54, 1.807) is 12.3 Å². The number of hydrogen-bond donors (Lipinski definition) is 1. The zero-order valence-electron chi connectivity index (χ0n) is 38.1. The average molecular weight is 990 g/mol. The summed E-state index contributed by atoms with van der Waals surface area (Å²) >= 11 is 0. The number of carbonyl (C=O) groups excluding carboxylic acids is 1. The molecule has 5 aromatic carbocycles. The number of pyridine rings is 2. The van der Waals surface area contributed by atoms with E-state index in [2.05, 4.69) is 70.9 Å². The molecule has 1 N–H and O–H groups in total. The minimum Gasteiger partial charge on any atom is -0.501 e. The summed E-state index contributed by atoms with van der Waals surface area (Å²) < 4.78 is 32.2. The van der Waals surface area contributed by atoms with E-state index >= 15 is 0 Å². The van der Waals surface area contributed by atoms with Crippen molar-refractivity contribution in [3.63, 3.8) is 0 Å². The second kappa shape index (κ2) is 18.4. The van der Waals surface area contributed by atoms with Crippen molar-refractivity contribution < 1.29 is 43.6 Å². The van der Waals surface area contributed by atoms with Gasteiger partial charge in [-0.1, -0.05) is 161 Å². The molecule has 8 heteroatoms. The van der Waals surface area contributed by atoms with E-state index in [0.29, 0.717) is 33.7 Å². The maximum absolute atomic E-state index is 12.1. The number of benzene rings is 5. The molecule has 0 spiro atoms. The van der Waals surface area contributed by atoms with Gasteiger partial charge >= 0.3 is 5.97 Å². The average Bonchev–Trinajstić information content (AvgIpc) is 3.64. The van der Waals surface area contributed by atoms with Crippen LogP contribution in [0.5, 0.6) is 0 Å². The summed E-state index contributed by atoms with van der Waals surface area (Å²) in [4.78, 5) is 25.2. The maximum atomic E-state index is 12.1. The number of carbonyl (C=O) groups is 1. The van der Waals surface area contributed by atoms with Crippen LogP contribution in [0.3, 0.4) is 0 Å². The molecule has 0 saturated carbocycles. The van der Waals surface area contributed by atoms with Crippen molar-refractivity contribution in [1.82, 2.24) is 9.97 Å². The molecule has 0 aliphatic rings. The molecule has 1 radical (unpaired) electrons. The third-order valence-electron chi connectivity index (χ3n) is 9.94. The van der Waals surface area contributed by atoms with Gasteiger partial charge in [0.15, 0.2) is 0 Å². The zero-order chi connectivity index (χ0) is 44.6. The molecular weight excluding hydrogens is 937 g/mol. The normalized spacial score (nSPS) is 12.7. The Labute approximate surface area is 372 Å². The van der Waals surface area contributed by atoms with Crippen LogP contribution < -0.4 is 5.19 Å². The minimum atomic E-state index is -1.69. The Morgan fingerprint density at radius 3 is 2.20 bits per heavy atom. The third kappa shape index (κ3) is 9.91. The van der Waals surface area contributed by atoms with Crippen LogP contribution in [0.1, 0.15) is 66.1 Å². The molecule has 3 heterocycles. The Hall–Kier alpha value is -5.50. The van der Waals surface area contributed by atoms with Gasteiger partial charge in [-0.2, -0.15) is 0 Å². The first kappa shape index (κ1) is 39.9. The van der Waals surface area contributed by atoms with Crippen molar-refractivity contribution in [2.45, 2.75) is 66.5 Å². The molecule has 0 atom stereocenters. The summed E-state index contributed by atoms with van der Waals surface area (Å²) in [5, 5.41) is 12.1. The summed E-state index contributed by atoms with van der Waals surface area (Å²) in [7, 11) is -1.69. The van der Waals surface area contributed by atoms with E-state index in [1.165, 1.54) is 6.07 Å². The molecule has 3 aromatic heterocycles. The quantitative estimate of drug-likeness (QED) is 0.0706. The van der Waals surface area contributed by atoms with Crippen LogP contribution in [0.4, 0.5) is 0 Å². The van der Waals surface area contributed by atoms with Crippen molar-refractivity contribution in [2.75, 3.05) is 0 Å². The van der Waals surface area contributed by atoms with E-state index in [0.717, 1.165) is 49.4 Å². The molecule has 0 saturated heterocycles. The molecular formula is C52H50IrN2O4Si-2. The Morgan fingerprint density at radius 1 is 0.850 bits per heavy atom. The summed E-state index contributed by atoms with van der Waals surface area (Å²) in [5.41, 5.74) is 9.26. The van der Waals surface area contributed by atoms with E-state index in [4.69, 9.17) is 13.8 Å². The monoisotopic (exact) mass is 990 g/mol. The predicted octanol–water partition coefficient (Wildman–Crippen LogP) is 13.2. The van der Waals surface area contributed by atoms with Gasteiger partial charge in [-0.05, 0) is 74.7 Å². The second-order valence-corrected chi connectivity index (χ2v) is 21.9. The maximum Gasteiger partial charge on any atom is 0.333 e. The fourth-order valence-electron chi connectivity index (χ4n) is 7.15. The SMILES string of the molecule is [2H]C(C)(C)c1cc(-c2[c-]cc(C(=O)OO)c(-c3ccccc3)c2)ncc1[Si](C)(C)C.[2H]C([2H])(c1ccnc(-c2[c-]ccc3c2oc2ccc(-c4ccccc4)cc23)c1)C(C)(C)C.[Ir]. The van der Waals surface area contributed by atoms with E-state index in [1.807, 2.05) is 126 Å². The van der Waals surface area contributed by atoms with Crippen LogP contribution in [-0.4, -0.2) is 29.3 Å². The largest absolute Gasteiger partial charge is 0.501 e. The topological polar surface area (TPSA) is 85.5 Å². The number of furan rings is 1. The van der Waals surface area contributed by atoms with Crippen molar-refractivity contribution >= 4 is 41.2 Å². The minimum absolute atomic E-state index is 0. The van der Waals surface area contributed by atoms with Crippen molar-refractivity contribution in [2.24, 2.45) is 5.41 Å². The summed E-state index contributed by atoms with van der Waals surface area (Å²) in [6, 6.07) is 45.0. The molecule has 307 valence electrons. The molecule has 60 heavy (non-hydrogen) atoms. The van der Waals surface area contributed by atoms with Crippen LogP contribution in [0, 0.1) is 17.5 Å². The molecule has 0 aliphatic heterocycles. The van der Waals surface area contributed by atoms with Crippen LogP contribution in [0.2, 0.25) is 19.6 Å². The van der Waals surface area contributed by atoms with Crippen molar-refractivity contribution in [3.8, 4) is 44.8 Å². The van der Waals surface area contributed by atoms with Gasteiger partial charge in [-0.25, -0.2) is 5.26 Å². The Kier molecular flexibility index (Phi) is 12.2. The first-order chi connectivity index (χ1) is 29.3. The first-order valence-corrected chi connectivity index (χ1v) is 23.2. The molecule has 8 rings (SSSR count). The second-order valence-electron chi connectivity index (χ2n) is 16.9. The number of fused-ring (bicyclic) bond motifs is 3. The van der Waals surface area contributed by atoms with Gasteiger partial charge in [-0.15, -0.1) is 42.0 Å². The first-order valence-electron chi connectivity index (χ1n) is 21.2. The predicted molar refractivity (Wildman–Crippen MR) is 243 cm³/mol. The number of hydrogen-bond acceptors (Lipinski definition) is 6. The Balaban J connectivity index is 0.000000207. The summed E-state index contributed by atoms with van der Waals surface area (Å²) in [5.74, 6) is -1.61. The fraction of sp³-hybridized carbons (Fsp3) is 0.212. The van der Waals surface area contributed by atoms with Gasteiger partial charge in [0.2, 0.25) is 0 Å². The van der Waals surface area contributed by atoms with Crippen molar-refractivity contribution in [3.05, 3.63) is 163 Å². The number of nitrogens with zero attached hydrogens (tertiary/aromatic N) is 2. The van der Waals surface area contributed by atoms with Gasteiger partial charge in [0.1, 0.15) is 5.58 Å². The molecule has 0 fully saturated rings. The van der Waals surface area contributed by atoms with Gasteiger partial charge < -0.3 is 19.3 Å². The van der Waals surface area contributed by atoms with Gasteiger partial charge in [-0.3, -0.25) is 4.79 Å². The molecule has 0 amide bonds.